The first-order valence-corrected chi connectivity index (χ1v) is 8.09. The van der Waals surface area contributed by atoms with E-state index >= 15 is 0 Å². The van der Waals surface area contributed by atoms with Crippen molar-refractivity contribution in [1.82, 2.24) is 4.90 Å². The SMILES string of the molecule is Cc1ccc(C#Cc2ccc(CN3CCOCC3)s2)cc1. The van der Waals surface area contributed by atoms with Gasteiger partial charge >= 0.3 is 0 Å². The van der Waals surface area contributed by atoms with Gasteiger partial charge < -0.3 is 4.74 Å². The van der Waals surface area contributed by atoms with Crippen molar-refractivity contribution in [3.05, 3.63) is 57.3 Å². The lowest BCUT2D eigenvalue weighted by atomic mass is 10.1. The van der Waals surface area contributed by atoms with Crippen LogP contribution in [0, 0.1) is 18.8 Å². The fourth-order valence-corrected chi connectivity index (χ4v) is 3.18. The minimum absolute atomic E-state index is 0.853. The molecule has 2 heterocycles. The number of thiophene rings is 1. The van der Waals surface area contributed by atoms with E-state index in [0.717, 1.165) is 43.3 Å². The van der Waals surface area contributed by atoms with Crippen LogP contribution in [-0.4, -0.2) is 31.2 Å². The number of nitrogens with zero attached hydrogens (tertiary/aromatic N) is 1. The minimum Gasteiger partial charge on any atom is -0.379 e. The van der Waals surface area contributed by atoms with E-state index in [1.165, 1.54) is 10.4 Å². The van der Waals surface area contributed by atoms with Crippen LogP contribution in [0.1, 0.15) is 20.9 Å². The van der Waals surface area contributed by atoms with E-state index in [4.69, 9.17) is 4.74 Å². The highest BCUT2D eigenvalue weighted by Gasteiger charge is 2.11. The number of morpholine rings is 1. The smallest absolute Gasteiger partial charge is 0.0775 e. The molecular formula is C18H19NOS. The van der Waals surface area contributed by atoms with Crippen LogP contribution >= 0.6 is 11.3 Å². The Bertz CT molecular complexity index is 642. The molecule has 1 saturated heterocycles. The van der Waals surface area contributed by atoms with Crippen molar-refractivity contribution in [3.8, 4) is 11.8 Å². The summed E-state index contributed by atoms with van der Waals surface area (Å²) in [5, 5.41) is 0. The molecule has 108 valence electrons. The zero-order chi connectivity index (χ0) is 14.5. The molecule has 0 atom stereocenters. The lowest BCUT2D eigenvalue weighted by Gasteiger charge is -2.25. The average Bonchev–Trinajstić information content (AvgIpc) is 2.95. The summed E-state index contributed by atoms with van der Waals surface area (Å²) in [6.45, 7) is 6.87. The standard InChI is InChI=1S/C18H19NOS/c1-15-2-4-16(5-3-15)6-7-17-8-9-18(21-17)14-19-10-12-20-13-11-19/h2-5,8-9H,10-14H2,1H3. The molecule has 0 aliphatic carbocycles. The van der Waals surface area contributed by atoms with Gasteiger partial charge in [-0.25, -0.2) is 0 Å². The molecule has 3 heteroatoms. The van der Waals surface area contributed by atoms with Crippen LogP contribution in [0.15, 0.2) is 36.4 Å². The maximum Gasteiger partial charge on any atom is 0.0775 e. The molecule has 1 aromatic heterocycles. The average molecular weight is 297 g/mol. The largest absolute Gasteiger partial charge is 0.379 e. The first-order valence-electron chi connectivity index (χ1n) is 7.27. The molecule has 2 nitrogen and oxygen atoms in total. The monoisotopic (exact) mass is 297 g/mol. The third-order valence-corrected chi connectivity index (χ3v) is 4.51. The van der Waals surface area contributed by atoms with Crippen molar-refractivity contribution in [2.45, 2.75) is 13.5 Å². The minimum atomic E-state index is 0.853. The summed E-state index contributed by atoms with van der Waals surface area (Å²) in [5.74, 6) is 6.50. The van der Waals surface area contributed by atoms with E-state index in [1.807, 2.05) is 0 Å². The Balaban J connectivity index is 1.63. The molecule has 0 unspecified atom stereocenters. The molecule has 1 aliphatic heterocycles. The molecule has 2 aromatic rings. The summed E-state index contributed by atoms with van der Waals surface area (Å²) in [5.41, 5.74) is 2.34. The topological polar surface area (TPSA) is 12.5 Å². The second kappa shape index (κ2) is 6.91. The van der Waals surface area contributed by atoms with Crippen LogP contribution in [0.2, 0.25) is 0 Å². The molecule has 3 rings (SSSR count). The second-order valence-corrected chi connectivity index (χ2v) is 6.44. The number of aryl methyl sites for hydroxylation is 1. The van der Waals surface area contributed by atoms with Crippen LogP contribution in [0.5, 0.6) is 0 Å². The van der Waals surface area contributed by atoms with E-state index in [-0.39, 0.29) is 0 Å². The predicted octanol–water partition coefficient (Wildman–Crippen LogP) is 3.29. The van der Waals surface area contributed by atoms with Crippen molar-refractivity contribution < 1.29 is 4.74 Å². The number of ether oxygens (including phenoxy) is 1. The fourth-order valence-electron chi connectivity index (χ4n) is 2.28. The van der Waals surface area contributed by atoms with E-state index in [0.29, 0.717) is 0 Å². The molecule has 0 N–H and O–H groups in total. The third kappa shape index (κ3) is 4.18. The Morgan fingerprint density at radius 1 is 1.05 bits per heavy atom. The van der Waals surface area contributed by atoms with Gasteiger partial charge in [0.15, 0.2) is 0 Å². The molecule has 0 spiro atoms. The van der Waals surface area contributed by atoms with Crippen LogP contribution in [0.3, 0.4) is 0 Å². The zero-order valence-electron chi connectivity index (χ0n) is 12.3. The van der Waals surface area contributed by atoms with E-state index < -0.39 is 0 Å². The summed E-state index contributed by atoms with van der Waals surface area (Å²) < 4.78 is 5.38. The van der Waals surface area contributed by atoms with Crippen molar-refractivity contribution in [1.29, 1.82) is 0 Å². The van der Waals surface area contributed by atoms with Crippen LogP contribution < -0.4 is 0 Å². The van der Waals surface area contributed by atoms with Crippen LogP contribution in [-0.2, 0) is 11.3 Å². The van der Waals surface area contributed by atoms with E-state index in [2.05, 4.69) is 60.1 Å². The summed E-state index contributed by atoms with van der Waals surface area (Å²) >= 11 is 1.79. The highest BCUT2D eigenvalue weighted by molar-refractivity contribution is 7.12. The molecule has 21 heavy (non-hydrogen) atoms. The van der Waals surface area contributed by atoms with Gasteiger partial charge in [-0.2, -0.15) is 0 Å². The molecular weight excluding hydrogens is 278 g/mol. The predicted molar refractivity (Wildman–Crippen MR) is 87.6 cm³/mol. The van der Waals surface area contributed by atoms with Gasteiger partial charge in [0.2, 0.25) is 0 Å². The van der Waals surface area contributed by atoms with Gasteiger partial charge in [-0.1, -0.05) is 29.5 Å². The molecule has 1 aromatic carbocycles. The maximum absolute atomic E-state index is 5.38. The Kier molecular flexibility index (Phi) is 4.72. The van der Waals surface area contributed by atoms with Crippen LogP contribution in [0.4, 0.5) is 0 Å². The van der Waals surface area contributed by atoms with Crippen molar-refractivity contribution in [2.24, 2.45) is 0 Å². The third-order valence-electron chi connectivity index (χ3n) is 3.53. The highest BCUT2D eigenvalue weighted by atomic mass is 32.1. The molecule has 0 radical (unpaired) electrons. The van der Waals surface area contributed by atoms with Gasteiger partial charge in [-0.05, 0) is 31.2 Å². The highest BCUT2D eigenvalue weighted by Crippen LogP contribution is 2.18. The lowest BCUT2D eigenvalue weighted by molar-refractivity contribution is 0.0346. The van der Waals surface area contributed by atoms with Gasteiger partial charge in [0.05, 0.1) is 18.1 Å². The summed E-state index contributed by atoms with van der Waals surface area (Å²) in [6, 6.07) is 12.7. The molecule has 0 bridgehead atoms. The van der Waals surface area contributed by atoms with Crippen molar-refractivity contribution in [3.63, 3.8) is 0 Å². The first kappa shape index (κ1) is 14.3. The fraction of sp³-hybridized carbons (Fsp3) is 0.333. The van der Waals surface area contributed by atoms with Gasteiger partial charge in [0, 0.05) is 30.1 Å². The molecule has 1 fully saturated rings. The van der Waals surface area contributed by atoms with Gasteiger partial charge in [-0.15, -0.1) is 11.3 Å². The molecule has 0 amide bonds. The Hall–Kier alpha value is -1.60. The first-order chi connectivity index (χ1) is 10.3. The van der Waals surface area contributed by atoms with Crippen molar-refractivity contribution in [2.75, 3.05) is 26.3 Å². The molecule has 0 saturated carbocycles. The summed E-state index contributed by atoms with van der Waals surface area (Å²) in [4.78, 5) is 4.95. The summed E-state index contributed by atoms with van der Waals surface area (Å²) in [7, 11) is 0. The Morgan fingerprint density at radius 2 is 1.81 bits per heavy atom. The number of hydrogen-bond acceptors (Lipinski definition) is 3. The number of hydrogen-bond donors (Lipinski definition) is 0. The quantitative estimate of drug-likeness (QED) is 0.789. The Labute approximate surface area is 130 Å². The van der Waals surface area contributed by atoms with Crippen LogP contribution in [0.25, 0.3) is 0 Å². The lowest BCUT2D eigenvalue weighted by Crippen LogP contribution is -2.35. The van der Waals surface area contributed by atoms with Gasteiger partial charge in [0.1, 0.15) is 0 Å². The Morgan fingerprint density at radius 3 is 2.57 bits per heavy atom. The number of benzene rings is 1. The van der Waals surface area contributed by atoms with E-state index in [9.17, 15) is 0 Å². The second-order valence-electron chi connectivity index (χ2n) is 5.27. The van der Waals surface area contributed by atoms with Crippen molar-refractivity contribution >= 4 is 11.3 Å². The maximum atomic E-state index is 5.38. The summed E-state index contributed by atoms with van der Waals surface area (Å²) in [6.07, 6.45) is 0. The zero-order valence-corrected chi connectivity index (χ0v) is 13.1. The van der Waals surface area contributed by atoms with E-state index in [1.54, 1.807) is 11.3 Å². The van der Waals surface area contributed by atoms with Gasteiger partial charge in [-0.3, -0.25) is 4.90 Å². The van der Waals surface area contributed by atoms with Gasteiger partial charge in [0.25, 0.3) is 0 Å². The molecule has 1 aliphatic rings. The normalized spacial score (nSPS) is 15.5. The number of rotatable bonds is 2.